The molecule has 1 aromatic rings. The second-order valence-electron chi connectivity index (χ2n) is 6.97. The van der Waals surface area contributed by atoms with Crippen LogP contribution in [0.3, 0.4) is 0 Å². The molecule has 3 aliphatic heterocycles. The van der Waals surface area contributed by atoms with Gasteiger partial charge in [-0.25, -0.2) is 0 Å². The summed E-state index contributed by atoms with van der Waals surface area (Å²) in [6, 6.07) is 9.24. The molecule has 0 saturated carbocycles. The van der Waals surface area contributed by atoms with Gasteiger partial charge in [-0.2, -0.15) is 0 Å². The highest BCUT2D eigenvalue weighted by Gasteiger charge is 2.38. The van der Waals surface area contributed by atoms with E-state index < -0.39 is 0 Å². The number of nitrogens with zero attached hydrogens (tertiary/aromatic N) is 1. The maximum Gasteiger partial charge on any atom is 0.00187 e. The Kier molecular flexibility index (Phi) is 4.13. The zero-order chi connectivity index (χ0) is 14.1. The molecule has 2 unspecified atom stereocenters. The van der Waals surface area contributed by atoms with Crippen molar-refractivity contribution in [2.24, 2.45) is 17.6 Å². The standard InChI is InChI=1S/C18H28N2/c1-13(2)14-3-5-15(6-4-14)17(11-19)18-12-20-9-7-16(18)8-10-20/h3-6,13,16-18H,7-12,19H2,1-2H3. The van der Waals surface area contributed by atoms with E-state index in [0.29, 0.717) is 11.8 Å². The molecular formula is C18H28N2. The second-order valence-corrected chi connectivity index (χ2v) is 6.97. The van der Waals surface area contributed by atoms with Crippen LogP contribution in [0.4, 0.5) is 0 Å². The van der Waals surface area contributed by atoms with Crippen molar-refractivity contribution in [3.05, 3.63) is 35.4 Å². The number of hydrogen-bond donors (Lipinski definition) is 1. The van der Waals surface area contributed by atoms with Crippen LogP contribution in [0.1, 0.15) is 49.7 Å². The van der Waals surface area contributed by atoms with Gasteiger partial charge in [0, 0.05) is 12.5 Å². The van der Waals surface area contributed by atoms with Gasteiger partial charge in [-0.05, 0) is 61.4 Å². The Morgan fingerprint density at radius 3 is 2.15 bits per heavy atom. The minimum absolute atomic E-state index is 0.546. The first-order valence-corrected chi connectivity index (χ1v) is 8.21. The van der Waals surface area contributed by atoms with Crippen LogP contribution < -0.4 is 5.73 Å². The van der Waals surface area contributed by atoms with Gasteiger partial charge >= 0.3 is 0 Å². The van der Waals surface area contributed by atoms with Crippen molar-refractivity contribution < 1.29 is 0 Å². The number of nitrogens with two attached hydrogens (primary N) is 1. The quantitative estimate of drug-likeness (QED) is 0.912. The minimum Gasteiger partial charge on any atom is -0.330 e. The minimum atomic E-state index is 0.546. The first-order valence-electron chi connectivity index (χ1n) is 8.21. The van der Waals surface area contributed by atoms with E-state index in [1.807, 2.05) is 0 Å². The first-order chi connectivity index (χ1) is 9.69. The number of hydrogen-bond acceptors (Lipinski definition) is 2. The van der Waals surface area contributed by atoms with Crippen LogP contribution in [0.5, 0.6) is 0 Å². The summed E-state index contributed by atoms with van der Waals surface area (Å²) in [6.07, 6.45) is 2.76. The lowest BCUT2D eigenvalue weighted by Gasteiger charge is -2.47. The van der Waals surface area contributed by atoms with E-state index in [1.54, 1.807) is 0 Å². The highest BCUT2D eigenvalue weighted by molar-refractivity contribution is 5.28. The van der Waals surface area contributed by atoms with E-state index in [9.17, 15) is 0 Å². The van der Waals surface area contributed by atoms with Crippen molar-refractivity contribution in [1.82, 2.24) is 4.90 Å². The van der Waals surface area contributed by atoms with Crippen LogP contribution in [0.15, 0.2) is 24.3 Å². The Balaban J connectivity index is 1.79. The lowest BCUT2D eigenvalue weighted by molar-refractivity contribution is 0.0379. The summed E-state index contributed by atoms with van der Waals surface area (Å²) in [5.41, 5.74) is 9.03. The zero-order valence-electron chi connectivity index (χ0n) is 12.9. The fourth-order valence-corrected chi connectivity index (χ4v) is 4.15. The number of piperidine rings is 3. The molecule has 20 heavy (non-hydrogen) atoms. The molecule has 0 radical (unpaired) electrons. The van der Waals surface area contributed by atoms with Crippen LogP contribution in [-0.2, 0) is 0 Å². The van der Waals surface area contributed by atoms with E-state index in [0.717, 1.165) is 18.4 Å². The van der Waals surface area contributed by atoms with Crippen LogP contribution >= 0.6 is 0 Å². The van der Waals surface area contributed by atoms with Gasteiger partial charge in [0.1, 0.15) is 0 Å². The van der Waals surface area contributed by atoms with Gasteiger partial charge in [0.15, 0.2) is 0 Å². The monoisotopic (exact) mass is 272 g/mol. The van der Waals surface area contributed by atoms with Crippen molar-refractivity contribution in [1.29, 1.82) is 0 Å². The first kappa shape index (κ1) is 14.1. The van der Waals surface area contributed by atoms with E-state index in [2.05, 4.69) is 43.0 Å². The Morgan fingerprint density at radius 1 is 1.10 bits per heavy atom. The third-order valence-electron chi connectivity index (χ3n) is 5.51. The molecule has 2 bridgehead atoms. The summed E-state index contributed by atoms with van der Waals surface area (Å²) in [5, 5.41) is 0. The molecule has 3 heterocycles. The van der Waals surface area contributed by atoms with E-state index in [-0.39, 0.29) is 0 Å². The molecule has 0 aromatic heterocycles. The molecule has 0 amide bonds. The third kappa shape index (κ3) is 2.64. The summed E-state index contributed by atoms with van der Waals surface area (Å²) < 4.78 is 0. The predicted molar refractivity (Wildman–Crippen MR) is 85.0 cm³/mol. The molecule has 2 atom stereocenters. The Bertz CT molecular complexity index is 429. The van der Waals surface area contributed by atoms with Crippen LogP contribution in [0.25, 0.3) is 0 Å². The second kappa shape index (κ2) is 5.87. The number of benzene rings is 1. The average Bonchev–Trinajstić information content (AvgIpc) is 2.50. The zero-order valence-corrected chi connectivity index (χ0v) is 12.9. The predicted octanol–water partition coefficient (Wildman–Crippen LogP) is 3.19. The molecule has 0 aliphatic carbocycles. The molecule has 3 aliphatic rings. The topological polar surface area (TPSA) is 29.3 Å². The molecule has 1 aromatic carbocycles. The maximum absolute atomic E-state index is 6.15. The van der Waals surface area contributed by atoms with Gasteiger partial charge in [0.25, 0.3) is 0 Å². The summed E-state index contributed by atoms with van der Waals surface area (Å²) in [4.78, 5) is 2.63. The normalized spacial score (nSPS) is 30.7. The summed E-state index contributed by atoms with van der Waals surface area (Å²) in [5.74, 6) is 2.83. The van der Waals surface area contributed by atoms with Crippen molar-refractivity contribution in [3.8, 4) is 0 Å². The summed E-state index contributed by atoms with van der Waals surface area (Å²) in [6.45, 7) is 9.18. The average molecular weight is 272 g/mol. The van der Waals surface area contributed by atoms with Gasteiger partial charge in [0.2, 0.25) is 0 Å². The summed E-state index contributed by atoms with van der Waals surface area (Å²) in [7, 11) is 0. The van der Waals surface area contributed by atoms with E-state index >= 15 is 0 Å². The lowest BCUT2D eigenvalue weighted by Crippen LogP contribution is -2.50. The van der Waals surface area contributed by atoms with Crippen molar-refractivity contribution in [3.63, 3.8) is 0 Å². The molecule has 4 rings (SSSR count). The Hall–Kier alpha value is -0.860. The van der Waals surface area contributed by atoms with Crippen molar-refractivity contribution in [2.75, 3.05) is 26.2 Å². The maximum atomic E-state index is 6.15. The molecule has 0 spiro atoms. The van der Waals surface area contributed by atoms with E-state index in [4.69, 9.17) is 5.73 Å². The van der Waals surface area contributed by atoms with Crippen molar-refractivity contribution >= 4 is 0 Å². The van der Waals surface area contributed by atoms with Crippen LogP contribution in [-0.4, -0.2) is 31.1 Å². The van der Waals surface area contributed by atoms with Gasteiger partial charge in [-0.1, -0.05) is 38.1 Å². The SMILES string of the molecule is CC(C)c1ccc(C(CN)C2CN3CCC2CC3)cc1. The number of rotatable bonds is 4. The molecule has 2 heteroatoms. The smallest absolute Gasteiger partial charge is 0.00187 e. The van der Waals surface area contributed by atoms with Gasteiger partial charge in [-0.3, -0.25) is 0 Å². The molecule has 3 fully saturated rings. The summed E-state index contributed by atoms with van der Waals surface area (Å²) >= 11 is 0. The fourth-order valence-electron chi connectivity index (χ4n) is 4.15. The van der Waals surface area contributed by atoms with Crippen LogP contribution in [0.2, 0.25) is 0 Å². The molecule has 110 valence electrons. The third-order valence-corrected chi connectivity index (χ3v) is 5.51. The molecule has 3 saturated heterocycles. The van der Waals surface area contributed by atoms with Crippen LogP contribution in [0, 0.1) is 11.8 Å². The largest absolute Gasteiger partial charge is 0.330 e. The van der Waals surface area contributed by atoms with Gasteiger partial charge < -0.3 is 10.6 Å². The van der Waals surface area contributed by atoms with E-state index in [1.165, 1.54) is 43.6 Å². The Morgan fingerprint density at radius 2 is 1.70 bits per heavy atom. The molecule has 2 nitrogen and oxygen atoms in total. The van der Waals surface area contributed by atoms with Gasteiger partial charge in [0.05, 0.1) is 0 Å². The van der Waals surface area contributed by atoms with Gasteiger partial charge in [-0.15, -0.1) is 0 Å². The number of fused-ring (bicyclic) bond motifs is 3. The Labute approximate surface area is 123 Å². The lowest BCUT2D eigenvalue weighted by atomic mass is 9.70. The molecular weight excluding hydrogens is 244 g/mol. The highest BCUT2D eigenvalue weighted by atomic mass is 15.1. The van der Waals surface area contributed by atoms with Crippen molar-refractivity contribution in [2.45, 2.75) is 38.5 Å². The molecule has 2 N–H and O–H groups in total. The highest BCUT2D eigenvalue weighted by Crippen LogP contribution is 2.40. The fraction of sp³-hybridized carbons (Fsp3) is 0.667.